The highest BCUT2D eigenvalue weighted by atomic mass is 32.1. The second kappa shape index (κ2) is 6.58. The fourth-order valence-electron chi connectivity index (χ4n) is 3.12. The van der Waals surface area contributed by atoms with Crippen LogP contribution in [-0.4, -0.2) is 23.5 Å². The Morgan fingerprint density at radius 3 is 2.86 bits per heavy atom. The molecule has 2 atom stereocenters. The first kappa shape index (κ1) is 15.2. The Morgan fingerprint density at radius 2 is 2.14 bits per heavy atom. The Hall–Kier alpha value is -1.72. The second-order valence-electron chi connectivity index (χ2n) is 5.78. The van der Waals surface area contributed by atoms with Gasteiger partial charge in [0.2, 0.25) is 0 Å². The average molecular weight is 315 g/mol. The quantitative estimate of drug-likeness (QED) is 0.911. The number of nitrogens with zero attached hydrogens (tertiary/aromatic N) is 1. The van der Waals surface area contributed by atoms with Crippen molar-refractivity contribution in [1.82, 2.24) is 10.3 Å². The van der Waals surface area contributed by atoms with Gasteiger partial charge in [-0.1, -0.05) is 36.8 Å². The van der Waals surface area contributed by atoms with E-state index in [1.165, 1.54) is 11.3 Å². The summed E-state index contributed by atoms with van der Waals surface area (Å²) in [4.78, 5) is 17.9. The Morgan fingerprint density at radius 1 is 1.36 bits per heavy atom. The van der Waals surface area contributed by atoms with E-state index in [1.807, 2.05) is 37.3 Å². The lowest BCUT2D eigenvalue weighted by Crippen LogP contribution is -2.39. The lowest BCUT2D eigenvalue weighted by atomic mass is 10.0. The summed E-state index contributed by atoms with van der Waals surface area (Å²) in [6, 6.07) is 10.1. The molecule has 116 valence electrons. The van der Waals surface area contributed by atoms with Crippen molar-refractivity contribution in [2.24, 2.45) is 11.7 Å². The number of amides is 1. The van der Waals surface area contributed by atoms with Crippen LogP contribution in [-0.2, 0) is 0 Å². The first-order chi connectivity index (χ1) is 10.7. The Kier molecular flexibility index (Phi) is 4.55. The molecule has 22 heavy (non-hydrogen) atoms. The first-order valence-electron chi connectivity index (χ1n) is 7.73. The van der Waals surface area contributed by atoms with Gasteiger partial charge in [-0.3, -0.25) is 4.79 Å². The summed E-state index contributed by atoms with van der Waals surface area (Å²) in [5.41, 5.74) is 7.57. The van der Waals surface area contributed by atoms with Crippen molar-refractivity contribution in [1.29, 1.82) is 0 Å². The van der Waals surface area contributed by atoms with Crippen LogP contribution in [0.15, 0.2) is 30.3 Å². The van der Waals surface area contributed by atoms with Crippen LogP contribution in [0.25, 0.3) is 11.3 Å². The highest BCUT2D eigenvalue weighted by Gasteiger charge is 2.29. The van der Waals surface area contributed by atoms with E-state index in [4.69, 9.17) is 5.73 Å². The van der Waals surface area contributed by atoms with E-state index < -0.39 is 0 Å². The van der Waals surface area contributed by atoms with Gasteiger partial charge < -0.3 is 11.1 Å². The van der Waals surface area contributed by atoms with Crippen LogP contribution in [0.4, 0.5) is 0 Å². The summed E-state index contributed by atoms with van der Waals surface area (Å²) in [6.45, 7) is 2.57. The van der Waals surface area contributed by atoms with E-state index in [-0.39, 0.29) is 11.9 Å². The highest BCUT2D eigenvalue weighted by Crippen LogP contribution is 2.29. The zero-order valence-electron chi connectivity index (χ0n) is 12.7. The molecule has 1 aliphatic rings. The molecule has 1 saturated carbocycles. The normalized spacial score (nSPS) is 21.0. The number of hydrogen-bond donors (Lipinski definition) is 2. The number of hydrogen-bond acceptors (Lipinski definition) is 4. The maximum Gasteiger partial charge on any atom is 0.263 e. The summed E-state index contributed by atoms with van der Waals surface area (Å²) in [5.74, 6) is 0.382. The third-order valence-electron chi connectivity index (χ3n) is 4.27. The molecule has 4 nitrogen and oxygen atoms in total. The number of aryl methyl sites for hydroxylation is 1. The molecule has 0 aliphatic heterocycles. The largest absolute Gasteiger partial charge is 0.348 e. The molecule has 2 aromatic rings. The summed E-state index contributed by atoms with van der Waals surface area (Å²) in [6.07, 6.45) is 3.26. The summed E-state index contributed by atoms with van der Waals surface area (Å²) in [7, 11) is 0. The topological polar surface area (TPSA) is 68.0 Å². The highest BCUT2D eigenvalue weighted by molar-refractivity contribution is 7.14. The number of carbonyl (C=O) groups excluding carboxylic acids is 1. The monoisotopic (exact) mass is 315 g/mol. The van der Waals surface area contributed by atoms with Crippen molar-refractivity contribution in [3.63, 3.8) is 0 Å². The lowest BCUT2D eigenvalue weighted by Gasteiger charge is -2.19. The predicted octanol–water partition coefficient (Wildman–Crippen LogP) is 2.98. The van der Waals surface area contributed by atoms with Gasteiger partial charge in [0.1, 0.15) is 4.88 Å². The van der Waals surface area contributed by atoms with E-state index in [1.54, 1.807) is 0 Å². The molecule has 5 heteroatoms. The summed E-state index contributed by atoms with van der Waals surface area (Å²) < 4.78 is 0. The van der Waals surface area contributed by atoms with Gasteiger partial charge in [-0.2, -0.15) is 0 Å². The van der Waals surface area contributed by atoms with Gasteiger partial charge in [0.25, 0.3) is 5.91 Å². The zero-order chi connectivity index (χ0) is 15.5. The number of aromatic nitrogens is 1. The molecule has 1 aromatic carbocycles. The van der Waals surface area contributed by atoms with E-state index in [0.29, 0.717) is 17.3 Å². The zero-order valence-corrected chi connectivity index (χ0v) is 13.5. The minimum absolute atomic E-state index is 0.0187. The minimum atomic E-state index is -0.0187. The molecule has 1 heterocycles. The predicted molar refractivity (Wildman–Crippen MR) is 89.9 cm³/mol. The molecule has 2 unspecified atom stereocenters. The molecule has 0 spiro atoms. The maximum absolute atomic E-state index is 12.7. The molecule has 1 fully saturated rings. The smallest absolute Gasteiger partial charge is 0.263 e. The average Bonchev–Trinajstić information content (AvgIpc) is 3.14. The SMILES string of the molecule is Cc1nc(-c2ccccc2)c(C(=O)NC2CCCC2CN)s1. The van der Waals surface area contributed by atoms with Gasteiger partial charge in [0, 0.05) is 11.6 Å². The van der Waals surface area contributed by atoms with Crippen molar-refractivity contribution in [2.75, 3.05) is 6.54 Å². The molecule has 0 bridgehead atoms. The number of nitrogens with two attached hydrogens (primary N) is 1. The standard InChI is InChI=1S/C17H21N3OS/c1-11-19-15(12-6-3-2-4-7-12)16(22-11)17(21)20-14-9-5-8-13(14)10-18/h2-4,6-7,13-14H,5,8-10,18H2,1H3,(H,20,21). The van der Waals surface area contributed by atoms with E-state index in [9.17, 15) is 4.79 Å². The van der Waals surface area contributed by atoms with Crippen LogP contribution in [0.5, 0.6) is 0 Å². The van der Waals surface area contributed by atoms with Gasteiger partial charge in [-0.15, -0.1) is 11.3 Å². The number of rotatable bonds is 4. The number of thiazole rings is 1. The van der Waals surface area contributed by atoms with Gasteiger partial charge in [-0.25, -0.2) is 4.98 Å². The Bertz CT molecular complexity index is 653. The van der Waals surface area contributed by atoms with E-state index in [0.717, 1.165) is 35.5 Å². The second-order valence-corrected chi connectivity index (χ2v) is 6.99. The van der Waals surface area contributed by atoms with Crippen LogP contribution in [0.3, 0.4) is 0 Å². The van der Waals surface area contributed by atoms with Gasteiger partial charge in [0.15, 0.2) is 0 Å². The fourth-order valence-corrected chi connectivity index (χ4v) is 3.96. The van der Waals surface area contributed by atoms with Crippen molar-refractivity contribution in [3.8, 4) is 11.3 Å². The number of carbonyl (C=O) groups is 1. The van der Waals surface area contributed by atoms with Crippen molar-refractivity contribution < 1.29 is 4.79 Å². The van der Waals surface area contributed by atoms with Gasteiger partial charge in [0.05, 0.1) is 10.7 Å². The molecule has 1 aliphatic carbocycles. The molecule has 0 saturated heterocycles. The number of benzene rings is 1. The Balaban J connectivity index is 1.84. The van der Waals surface area contributed by atoms with Crippen LogP contribution in [0.1, 0.15) is 33.9 Å². The van der Waals surface area contributed by atoms with Gasteiger partial charge >= 0.3 is 0 Å². The number of nitrogens with one attached hydrogen (secondary N) is 1. The lowest BCUT2D eigenvalue weighted by molar-refractivity contribution is 0.0933. The van der Waals surface area contributed by atoms with Crippen molar-refractivity contribution in [3.05, 3.63) is 40.2 Å². The summed E-state index contributed by atoms with van der Waals surface area (Å²) >= 11 is 1.46. The molecule has 1 aromatic heterocycles. The third-order valence-corrected chi connectivity index (χ3v) is 5.24. The fraction of sp³-hybridized carbons (Fsp3) is 0.412. The van der Waals surface area contributed by atoms with Gasteiger partial charge in [-0.05, 0) is 32.2 Å². The van der Waals surface area contributed by atoms with Crippen molar-refractivity contribution in [2.45, 2.75) is 32.2 Å². The molecule has 3 rings (SSSR count). The summed E-state index contributed by atoms with van der Waals surface area (Å²) in [5, 5.41) is 4.08. The van der Waals surface area contributed by atoms with E-state index in [2.05, 4.69) is 10.3 Å². The van der Waals surface area contributed by atoms with Crippen LogP contribution in [0.2, 0.25) is 0 Å². The molecular weight excluding hydrogens is 294 g/mol. The molecule has 0 radical (unpaired) electrons. The first-order valence-corrected chi connectivity index (χ1v) is 8.54. The molecular formula is C17H21N3OS. The van der Waals surface area contributed by atoms with E-state index >= 15 is 0 Å². The minimum Gasteiger partial charge on any atom is -0.348 e. The molecule has 3 N–H and O–H groups in total. The maximum atomic E-state index is 12.7. The van der Waals surface area contributed by atoms with Crippen LogP contribution in [0, 0.1) is 12.8 Å². The van der Waals surface area contributed by atoms with Crippen LogP contribution < -0.4 is 11.1 Å². The molecule has 1 amide bonds. The van der Waals surface area contributed by atoms with Crippen molar-refractivity contribution >= 4 is 17.2 Å². The third kappa shape index (κ3) is 3.05. The van der Waals surface area contributed by atoms with Crippen LogP contribution >= 0.6 is 11.3 Å². The Labute approximate surface area is 134 Å².